The smallest absolute Gasteiger partial charge is 0.303 e. The molecule has 0 spiro atoms. The van der Waals surface area contributed by atoms with E-state index in [1.54, 1.807) is 0 Å². The molecule has 0 aromatic carbocycles. The molecular weight excluding hydrogens is 298 g/mol. The molecule has 1 rings (SSSR count). The summed E-state index contributed by atoms with van der Waals surface area (Å²) in [5, 5.41) is 12.5. The van der Waals surface area contributed by atoms with Gasteiger partial charge in [-0.05, 0) is 0 Å². The second-order valence-corrected chi connectivity index (χ2v) is 4.87. The molecule has 0 radical (unpaired) electrons. The molecule has 9 nitrogen and oxygen atoms in total. The van der Waals surface area contributed by atoms with Crippen molar-refractivity contribution in [2.75, 3.05) is 13.7 Å². The number of rotatable bonds is 5. The Morgan fingerprint density at radius 2 is 1.77 bits per heavy atom. The van der Waals surface area contributed by atoms with Crippen molar-refractivity contribution in [3.8, 4) is 0 Å². The lowest BCUT2D eigenvalue weighted by molar-refractivity contribution is -0.264. The first-order valence-electron chi connectivity index (χ1n) is 6.70. The maximum absolute atomic E-state index is 11.3. The summed E-state index contributed by atoms with van der Waals surface area (Å²) < 4.78 is 20.6. The van der Waals surface area contributed by atoms with Gasteiger partial charge in [0.05, 0.1) is 0 Å². The van der Waals surface area contributed by atoms with Gasteiger partial charge >= 0.3 is 11.9 Å². The third-order valence-corrected chi connectivity index (χ3v) is 3.06. The SMILES string of the molecule is CO[C@@H]1[C@@H](NC(C)=O)[C@@H](O)O[C@H](COC(C)=O)[C@@H]1OC(C)=O. The van der Waals surface area contributed by atoms with Crippen LogP contribution in [0.2, 0.25) is 0 Å². The minimum atomic E-state index is -1.40. The van der Waals surface area contributed by atoms with Crippen LogP contribution in [-0.2, 0) is 33.3 Å². The molecule has 2 N–H and O–H groups in total. The zero-order chi connectivity index (χ0) is 16.9. The molecule has 0 aliphatic carbocycles. The van der Waals surface area contributed by atoms with Crippen LogP contribution in [0.5, 0.6) is 0 Å². The van der Waals surface area contributed by atoms with Gasteiger partial charge in [-0.3, -0.25) is 14.4 Å². The summed E-state index contributed by atoms with van der Waals surface area (Å²) in [6.45, 7) is 3.46. The van der Waals surface area contributed by atoms with E-state index in [0.29, 0.717) is 0 Å². The van der Waals surface area contributed by atoms with Crippen molar-refractivity contribution in [2.24, 2.45) is 0 Å². The highest BCUT2D eigenvalue weighted by atomic mass is 16.7. The summed E-state index contributed by atoms with van der Waals surface area (Å²) in [7, 11) is 1.34. The van der Waals surface area contributed by atoms with Gasteiger partial charge in [-0.1, -0.05) is 0 Å². The largest absolute Gasteiger partial charge is 0.463 e. The van der Waals surface area contributed by atoms with E-state index >= 15 is 0 Å². The fourth-order valence-corrected chi connectivity index (χ4v) is 2.26. The van der Waals surface area contributed by atoms with Crippen LogP contribution in [0.1, 0.15) is 20.8 Å². The lowest BCUT2D eigenvalue weighted by Crippen LogP contribution is -2.65. The number of aliphatic hydroxyl groups is 1. The van der Waals surface area contributed by atoms with Crippen molar-refractivity contribution in [1.29, 1.82) is 0 Å². The molecule has 9 heteroatoms. The predicted molar refractivity (Wildman–Crippen MR) is 71.5 cm³/mol. The molecule has 0 aromatic heterocycles. The molecule has 0 saturated carbocycles. The second-order valence-electron chi connectivity index (χ2n) is 4.87. The molecule has 1 aliphatic heterocycles. The Bertz CT molecular complexity index is 426. The average molecular weight is 319 g/mol. The van der Waals surface area contributed by atoms with Gasteiger partial charge in [-0.15, -0.1) is 0 Å². The zero-order valence-corrected chi connectivity index (χ0v) is 12.9. The van der Waals surface area contributed by atoms with Gasteiger partial charge in [0.15, 0.2) is 12.4 Å². The number of ether oxygens (including phenoxy) is 4. The van der Waals surface area contributed by atoms with Crippen LogP contribution in [0.3, 0.4) is 0 Å². The van der Waals surface area contributed by atoms with Crippen LogP contribution in [0.4, 0.5) is 0 Å². The molecule has 0 unspecified atom stereocenters. The topological polar surface area (TPSA) is 120 Å². The molecule has 1 fully saturated rings. The summed E-state index contributed by atoms with van der Waals surface area (Å²) in [6.07, 6.45) is -4.14. The van der Waals surface area contributed by atoms with Gasteiger partial charge < -0.3 is 29.4 Å². The Balaban J connectivity index is 2.96. The Morgan fingerprint density at radius 1 is 1.14 bits per heavy atom. The molecule has 22 heavy (non-hydrogen) atoms. The van der Waals surface area contributed by atoms with E-state index in [9.17, 15) is 19.5 Å². The summed E-state index contributed by atoms with van der Waals surface area (Å²) in [4.78, 5) is 33.4. The highest BCUT2D eigenvalue weighted by Crippen LogP contribution is 2.25. The third-order valence-electron chi connectivity index (χ3n) is 3.06. The van der Waals surface area contributed by atoms with Crippen LogP contribution in [0.15, 0.2) is 0 Å². The molecule has 1 saturated heterocycles. The first-order valence-corrected chi connectivity index (χ1v) is 6.70. The first-order chi connectivity index (χ1) is 10.3. The lowest BCUT2D eigenvalue weighted by atomic mass is 9.96. The number of carbonyl (C=O) groups is 3. The van der Waals surface area contributed by atoms with Gasteiger partial charge in [0.2, 0.25) is 5.91 Å². The van der Waals surface area contributed by atoms with Crippen molar-refractivity contribution in [3.63, 3.8) is 0 Å². The van der Waals surface area contributed by atoms with Crippen LogP contribution < -0.4 is 5.32 Å². The van der Waals surface area contributed by atoms with Crippen molar-refractivity contribution >= 4 is 17.8 Å². The van der Waals surface area contributed by atoms with Crippen LogP contribution in [-0.4, -0.2) is 67.3 Å². The lowest BCUT2D eigenvalue weighted by Gasteiger charge is -2.43. The van der Waals surface area contributed by atoms with Crippen molar-refractivity contribution < 1.29 is 38.4 Å². The van der Waals surface area contributed by atoms with E-state index in [4.69, 9.17) is 18.9 Å². The number of aliphatic hydroxyl groups excluding tert-OH is 1. The number of methoxy groups -OCH3 is 1. The summed E-state index contributed by atoms with van der Waals surface area (Å²) in [5.74, 6) is -1.55. The molecule has 1 amide bonds. The van der Waals surface area contributed by atoms with E-state index in [1.807, 2.05) is 0 Å². The summed E-state index contributed by atoms with van der Waals surface area (Å²) in [5.41, 5.74) is 0. The Kier molecular flexibility index (Phi) is 6.72. The van der Waals surface area contributed by atoms with Gasteiger partial charge in [-0.2, -0.15) is 0 Å². The van der Waals surface area contributed by atoms with Crippen LogP contribution in [0, 0.1) is 0 Å². The maximum Gasteiger partial charge on any atom is 0.303 e. The number of carbonyl (C=O) groups excluding carboxylic acids is 3. The van der Waals surface area contributed by atoms with Gasteiger partial charge in [-0.25, -0.2) is 0 Å². The molecule has 5 atom stereocenters. The minimum Gasteiger partial charge on any atom is -0.463 e. The predicted octanol–water partition coefficient (Wildman–Crippen LogP) is -1.28. The van der Waals surface area contributed by atoms with Gasteiger partial charge in [0, 0.05) is 27.9 Å². The maximum atomic E-state index is 11.3. The first kappa shape index (κ1) is 18.3. The molecule has 0 aromatic rings. The molecule has 1 aliphatic rings. The zero-order valence-electron chi connectivity index (χ0n) is 12.9. The molecular formula is C13H21NO8. The number of amides is 1. The number of hydrogen-bond donors (Lipinski definition) is 2. The monoisotopic (exact) mass is 319 g/mol. The molecule has 126 valence electrons. The summed E-state index contributed by atoms with van der Waals surface area (Å²) >= 11 is 0. The van der Waals surface area contributed by atoms with E-state index in [1.165, 1.54) is 27.9 Å². The fourth-order valence-electron chi connectivity index (χ4n) is 2.26. The summed E-state index contributed by atoms with van der Waals surface area (Å²) in [6, 6.07) is -0.930. The van der Waals surface area contributed by atoms with Gasteiger partial charge in [0.1, 0.15) is 24.9 Å². The van der Waals surface area contributed by atoms with Crippen LogP contribution >= 0.6 is 0 Å². The van der Waals surface area contributed by atoms with E-state index in [-0.39, 0.29) is 6.61 Å². The van der Waals surface area contributed by atoms with Crippen molar-refractivity contribution in [1.82, 2.24) is 5.32 Å². The standard InChI is InChI=1S/C13H21NO8/c1-6(15)14-10-12(19-4)11(21-8(3)17)9(22-13(10)18)5-20-7(2)16/h9-13,18H,5H2,1-4H3,(H,14,15)/t9-,10-,11+,12-,13+/m1/s1. The van der Waals surface area contributed by atoms with Gasteiger partial charge in [0.25, 0.3) is 0 Å². The van der Waals surface area contributed by atoms with Crippen LogP contribution in [0.25, 0.3) is 0 Å². The van der Waals surface area contributed by atoms with E-state index in [0.717, 1.165) is 0 Å². The third kappa shape index (κ3) is 4.93. The second kappa shape index (κ2) is 8.06. The minimum absolute atomic E-state index is 0.225. The highest BCUT2D eigenvalue weighted by molar-refractivity contribution is 5.73. The molecule has 0 bridgehead atoms. The quantitative estimate of drug-likeness (QED) is 0.601. The number of hydrogen-bond acceptors (Lipinski definition) is 8. The van der Waals surface area contributed by atoms with Crippen molar-refractivity contribution in [2.45, 2.75) is 51.4 Å². The van der Waals surface area contributed by atoms with E-state index < -0.39 is 48.5 Å². The Hall–Kier alpha value is -1.71. The van der Waals surface area contributed by atoms with E-state index in [2.05, 4.69) is 5.32 Å². The Labute approximate surface area is 127 Å². The number of nitrogens with one attached hydrogen (secondary N) is 1. The Morgan fingerprint density at radius 3 is 2.23 bits per heavy atom. The normalized spacial score (nSPS) is 31.2. The highest BCUT2D eigenvalue weighted by Gasteiger charge is 2.48. The number of esters is 2. The molecule has 1 heterocycles. The fraction of sp³-hybridized carbons (Fsp3) is 0.769. The average Bonchev–Trinajstić information content (AvgIpc) is 2.39. The van der Waals surface area contributed by atoms with Crippen molar-refractivity contribution in [3.05, 3.63) is 0 Å².